The highest BCUT2D eigenvalue weighted by molar-refractivity contribution is 5.81. The van der Waals surface area contributed by atoms with Crippen molar-refractivity contribution in [3.8, 4) is 0 Å². The zero-order valence-electron chi connectivity index (χ0n) is 9.72. The summed E-state index contributed by atoms with van der Waals surface area (Å²) < 4.78 is 4.82. The second-order valence-electron chi connectivity index (χ2n) is 4.25. The molecule has 0 spiro atoms. The molecular weight excluding hydrogens is 220 g/mol. The molecule has 92 valence electrons. The highest BCUT2D eigenvalue weighted by Crippen LogP contribution is 2.38. The normalized spacial score (nSPS) is 27.4. The third-order valence-electron chi connectivity index (χ3n) is 3.21. The van der Waals surface area contributed by atoms with Gasteiger partial charge in [0.05, 0.1) is 6.61 Å². The Morgan fingerprint density at radius 1 is 1.53 bits per heavy atom. The Balaban J connectivity index is 2.33. The van der Waals surface area contributed by atoms with E-state index in [1.165, 1.54) is 0 Å². The average Bonchev–Trinajstić information content (AvgIpc) is 2.35. The number of aliphatic hydroxyl groups excluding tert-OH is 1. The molecule has 0 fully saturated rings. The number of esters is 1. The molecule has 0 unspecified atom stereocenters. The summed E-state index contributed by atoms with van der Waals surface area (Å²) in [6.45, 7) is 1.86. The van der Waals surface area contributed by atoms with Crippen LogP contribution in [0.1, 0.15) is 30.6 Å². The van der Waals surface area contributed by atoms with E-state index in [2.05, 4.69) is 0 Å². The number of rotatable bonds is 2. The molecule has 1 aromatic rings. The molecule has 0 aliphatic heterocycles. The summed E-state index contributed by atoms with van der Waals surface area (Å²) in [4.78, 5) is 11.7. The molecule has 2 rings (SSSR count). The van der Waals surface area contributed by atoms with Crippen molar-refractivity contribution in [2.75, 3.05) is 6.61 Å². The SMILES string of the molecule is CCOC(=O)[C@@]1(O)CCc2ccccc2[C@@H]1O. The summed E-state index contributed by atoms with van der Waals surface area (Å²) in [6, 6.07) is 7.27. The van der Waals surface area contributed by atoms with Crippen LogP contribution in [0.25, 0.3) is 0 Å². The maximum absolute atomic E-state index is 11.7. The summed E-state index contributed by atoms with van der Waals surface area (Å²) in [6.07, 6.45) is -0.474. The van der Waals surface area contributed by atoms with Crippen LogP contribution in [0.4, 0.5) is 0 Å². The smallest absolute Gasteiger partial charge is 0.341 e. The third kappa shape index (κ3) is 1.94. The molecule has 1 aliphatic rings. The summed E-state index contributed by atoms with van der Waals surface area (Å²) in [5.41, 5.74) is -0.243. The van der Waals surface area contributed by atoms with Crippen LogP contribution in [-0.4, -0.2) is 28.4 Å². The molecule has 1 aliphatic carbocycles. The van der Waals surface area contributed by atoms with Crippen LogP contribution in [0.15, 0.2) is 24.3 Å². The highest BCUT2D eigenvalue weighted by Gasteiger charge is 2.48. The van der Waals surface area contributed by atoms with Gasteiger partial charge in [-0.1, -0.05) is 24.3 Å². The minimum absolute atomic E-state index is 0.185. The second-order valence-corrected chi connectivity index (χ2v) is 4.25. The fraction of sp³-hybridized carbons (Fsp3) is 0.462. The standard InChI is InChI=1S/C13H16O4/c1-2-17-12(15)13(16)8-7-9-5-3-4-6-10(9)11(13)14/h3-6,11,14,16H,2,7-8H2,1H3/t11-,13+/m0/s1. The Labute approximate surface area is 99.8 Å². The molecule has 2 N–H and O–H groups in total. The highest BCUT2D eigenvalue weighted by atomic mass is 16.6. The summed E-state index contributed by atoms with van der Waals surface area (Å²) in [5.74, 6) is -0.748. The van der Waals surface area contributed by atoms with E-state index in [0.29, 0.717) is 12.0 Å². The molecule has 17 heavy (non-hydrogen) atoms. The van der Waals surface area contributed by atoms with Crippen LogP contribution in [0.2, 0.25) is 0 Å². The molecule has 0 saturated heterocycles. The van der Waals surface area contributed by atoms with Gasteiger partial charge in [0.1, 0.15) is 6.10 Å². The molecule has 0 heterocycles. The quantitative estimate of drug-likeness (QED) is 0.751. The van der Waals surface area contributed by atoms with E-state index in [4.69, 9.17) is 4.74 Å². The lowest BCUT2D eigenvalue weighted by Crippen LogP contribution is -2.48. The Morgan fingerprint density at radius 2 is 2.24 bits per heavy atom. The van der Waals surface area contributed by atoms with Crippen LogP contribution in [0, 0.1) is 0 Å². The van der Waals surface area contributed by atoms with E-state index in [0.717, 1.165) is 5.56 Å². The van der Waals surface area contributed by atoms with Crippen molar-refractivity contribution in [1.29, 1.82) is 0 Å². The monoisotopic (exact) mass is 236 g/mol. The number of benzene rings is 1. The number of aryl methyl sites for hydroxylation is 1. The fourth-order valence-electron chi connectivity index (χ4n) is 2.22. The van der Waals surface area contributed by atoms with Gasteiger partial charge >= 0.3 is 5.97 Å². The Hall–Kier alpha value is -1.39. The molecule has 0 aromatic heterocycles. The van der Waals surface area contributed by atoms with Gasteiger partial charge in [0.15, 0.2) is 5.60 Å². The minimum atomic E-state index is -1.82. The van der Waals surface area contributed by atoms with Gasteiger partial charge in [0, 0.05) is 0 Å². The van der Waals surface area contributed by atoms with Gasteiger partial charge in [0.2, 0.25) is 0 Å². The maximum atomic E-state index is 11.7. The Morgan fingerprint density at radius 3 is 2.94 bits per heavy atom. The first kappa shape index (κ1) is 12.1. The molecule has 0 saturated carbocycles. The van der Waals surface area contributed by atoms with Crippen molar-refractivity contribution in [2.24, 2.45) is 0 Å². The molecule has 4 heteroatoms. The van der Waals surface area contributed by atoms with Crippen molar-refractivity contribution in [1.82, 2.24) is 0 Å². The zero-order chi connectivity index (χ0) is 12.5. The fourth-order valence-corrected chi connectivity index (χ4v) is 2.22. The van der Waals surface area contributed by atoms with E-state index in [-0.39, 0.29) is 13.0 Å². The first-order valence-corrected chi connectivity index (χ1v) is 5.75. The predicted octanol–water partition coefficient (Wildman–Crippen LogP) is 0.960. The van der Waals surface area contributed by atoms with Crippen molar-refractivity contribution >= 4 is 5.97 Å². The van der Waals surface area contributed by atoms with Gasteiger partial charge in [0.25, 0.3) is 0 Å². The number of hydrogen-bond donors (Lipinski definition) is 2. The summed E-state index contributed by atoms with van der Waals surface area (Å²) >= 11 is 0. The van der Waals surface area contributed by atoms with Gasteiger partial charge < -0.3 is 14.9 Å². The van der Waals surface area contributed by atoms with Crippen molar-refractivity contribution in [2.45, 2.75) is 31.5 Å². The third-order valence-corrected chi connectivity index (χ3v) is 3.21. The summed E-state index contributed by atoms with van der Waals surface area (Å²) in [5, 5.41) is 20.4. The van der Waals surface area contributed by atoms with E-state index < -0.39 is 17.7 Å². The number of aliphatic hydroxyl groups is 2. The molecule has 4 nitrogen and oxygen atoms in total. The lowest BCUT2D eigenvalue weighted by Gasteiger charge is -2.35. The van der Waals surface area contributed by atoms with Crippen LogP contribution in [0.5, 0.6) is 0 Å². The van der Waals surface area contributed by atoms with Gasteiger partial charge in [-0.15, -0.1) is 0 Å². The van der Waals surface area contributed by atoms with E-state index >= 15 is 0 Å². The van der Waals surface area contributed by atoms with Gasteiger partial charge in [-0.3, -0.25) is 0 Å². The Kier molecular flexibility index (Phi) is 3.17. The molecule has 0 bridgehead atoms. The average molecular weight is 236 g/mol. The molecule has 0 amide bonds. The van der Waals surface area contributed by atoms with Gasteiger partial charge in [-0.2, -0.15) is 0 Å². The van der Waals surface area contributed by atoms with Crippen LogP contribution in [-0.2, 0) is 16.0 Å². The van der Waals surface area contributed by atoms with E-state index in [1.807, 2.05) is 12.1 Å². The predicted molar refractivity (Wildman–Crippen MR) is 61.3 cm³/mol. The first-order valence-electron chi connectivity index (χ1n) is 5.75. The van der Waals surface area contributed by atoms with Gasteiger partial charge in [-0.05, 0) is 30.9 Å². The van der Waals surface area contributed by atoms with Crippen molar-refractivity contribution < 1.29 is 19.7 Å². The van der Waals surface area contributed by atoms with Crippen LogP contribution >= 0.6 is 0 Å². The van der Waals surface area contributed by atoms with E-state index in [1.54, 1.807) is 19.1 Å². The Bertz CT molecular complexity index is 429. The number of carbonyl (C=O) groups excluding carboxylic acids is 1. The topological polar surface area (TPSA) is 66.8 Å². The van der Waals surface area contributed by atoms with Crippen LogP contribution in [0.3, 0.4) is 0 Å². The largest absolute Gasteiger partial charge is 0.464 e. The first-order chi connectivity index (χ1) is 8.09. The molecule has 0 radical (unpaired) electrons. The lowest BCUT2D eigenvalue weighted by atomic mass is 9.78. The van der Waals surface area contributed by atoms with Crippen LogP contribution < -0.4 is 0 Å². The van der Waals surface area contributed by atoms with Crippen molar-refractivity contribution in [3.05, 3.63) is 35.4 Å². The number of fused-ring (bicyclic) bond motifs is 1. The van der Waals surface area contributed by atoms with E-state index in [9.17, 15) is 15.0 Å². The minimum Gasteiger partial charge on any atom is -0.464 e. The lowest BCUT2D eigenvalue weighted by molar-refractivity contribution is -0.181. The van der Waals surface area contributed by atoms with Crippen molar-refractivity contribution in [3.63, 3.8) is 0 Å². The number of carbonyl (C=O) groups is 1. The second kappa shape index (κ2) is 4.47. The van der Waals surface area contributed by atoms with Gasteiger partial charge in [-0.25, -0.2) is 4.79 Å². The zero-order valence-corrected chi connectivity index (χ0v) is 9.72. The molecular formula is C13H16O4. The maximum Gasteiger partial charge on any atom is 0.341 e. The summed E-state index contributed by atoms with van der Waals surface area (Å²) in [7, 11) is 0. The molecule has 1 aromatic carbocycles. The molecule has 2 atom stereocenters. The number of ether oxygens (including phenoxy) is 1. The number of hydrogen-bond acceptors (Lipinski definition) is 4.